The van der Waals surface area contributed by atoms with Gasteiger partial charge in [-0.3, -0.25) is 25.0 Å². The number of rotatable bonds is 6. The maximum atomic E-state index is 11.9. The largest absolute Gasteiger partial charge is 0.484 e. The van der Waals surface area contributed by atoms with Crippen molar-refractivity contribution in [2.45, 2.75) is 6.92 Å². The van der Waals surface area contributed by atoms with Gasteiger partial charge in [-0.2, -0.15) is 0 Å². The second kappa shape index (κ2) is 7.18. The molecule has 2 aromatic carbocycles. The molecule has 0 bridgehead atoms. The summed E-state index contributed by atoms with van der Waals surface area (Å²) in [6, 6.07) is 9.53. The van der Waals surface area contributed by atoms with Gasteiger partial charge in [0, 0.05) is 23.9 Å². The van der Waals surface area contributed by atoms with Gasteiger partial charge in [0.2, 0.25) is 0 Å². The van der Waals surface area contributed by atoms with Crippen molar-refractivity contribution >= 4 is 23.0 Å². The van der Waals surface area contributed by atoms with Crippen molar-refractivity contribution < 1.29 is 19.4 Å². The average Bonchev–Trinajstić information content (AvgIpc) is 2.55. The van der Waals surface area contributed by atoms with Gasteiger partial charge >= 0.3 is 0 Å². The van der Waals surface area contributed by atoms with Crippen molar-refractivity contribution in [3.63, 3.8) is 0 Å². The molecule has 1 N–H and O–H groups in total. The minimum atomic E-state index is -0.562. The maximum Gasteiger partial charge on any atom is 0.273 e. The number of anilines is 1. The van der Waals surface area contributed by atoms with Crippen LogP contribution in [0.5, 0.6) is 5.75 Å². The van der Waals surface area contributed by atoms with Crippen LogP contribution in [0.3, 0.4) is 0 Å². The third-order valence-electron chi connectivity index (χ3n) is 3.09. The van der Waals surface area contributed by atoms with E-state index in [0.29, 0.717) is 11.3 Å². The zero-order chi connectivity index (χ0) is 17.7. The van der Waals surface area contributed by atoms with Gasteiger partial charge in [-0.25, -0.2) is 0 Å². The summed E-state index contributed by atoms with van der Waals surface area (Å²) in [7, 11) is 0. The van der Waals surface area contributed by atoms with E-state index in [9.17, 15) is 25.0 Å². The van der Waals surface area contributed by atoms with Crippen molar-refractivity contribution in [3.8, 4) is 5.75 Å². The Kier molecular flexibility index (Phi) is 5.05. The maximum absolute atomic E-state index is 11.9. The third-order valence-corrected chi connectivity index (χ3v) is 3.09. The Hall–Kier alpha value is -3.49. The molecule has 0 radical (unpaired) electrons. The van der Waals surface area contributed by atoms with Gasteiger partial charge in [0.15, 0.2) is 6.61 Å². The quantitative estimate of drug-likeness (QED) is 0.641. The Bertz CT molecular complexity index is 806. The second-order valence-electron chi connectivity index (χ2n) is 4.85. The number of hydrogen-bond donors (Lipinski definition) is 1. The summed E-state index contributed by atoms with van der Waals surface area (Å²) in [5, 5.41) is 23.9. The molecule has 9 heteroatoms. The number of nitrogens with zero attached hydrogens (tertiary/aromatic N) is 2. The highest BCUT2D eigenvalue weighted by atomic mass is 16.6. The summed E-state index contributed by atoms with van der Waals surface area (Å²) in [6.45, 7) is 1.28. The number of aryl methyl sites for hydroxylation is 1. The van der Waals surface area contributed by atoms with Crippen LogP contribution in [0.4, 0.5) is 17.1 Å². The van der Waals surface area contributed by atoms with Crippen molar-refractivity contribution in [1.82, 2.24) is 0 Å². The molecule has 0 heterocycles. The Morgan fingerprint density at radius 2 is 1.75 bits per heavy atom. The first-order chi connectivity index (χ1) is 11.4. The first-order valence-corrected chi connectivity index (χ1v) is 6.79. The summed E-state index contributed by atoms with van der Waals surface area (Å²) < 4.78 is 5.21. The number of nitrogens with one attached hydrogen (secondary N) is 1. The Morgan fingerprint density at radius 1 is 1.08 bits per heavy atom. The van der Waals surface area contributed by atoms with Gasteiger partial charge < -0.3 is 10.1 Å². The fourth-order valence-electron chi connectivity index (χ4n) is 1.92. The second-order valence-corrected chi connectivity index (χ2v) is 4.85. The highest BCUT2D eigenvalue weighted by Crippen LogP contribution is 2.22. The summed E-state index contributed by atoms with van der Waals surface area (Å²) in [6.07, 6.45) is 0. The number of ether oxygens (including phenoxy) is 1. The fraction of sp³-hybridized carbons (Fsp3) is 0.133. The zero-order valence-corrected chi connectivity index (χ0v) is 12.6. The van der Waals surface area contributed by atoms with Gasteiger partial charge in [-0.1, -0.05) is 6.07 Å². The number of nitro benzene ring substituents is 2. The van der Waals surface area contributed by atoms with Crippen molar-refractivity contribution in [2.75, 3.05) is 11.9 Å². The summed E-state index contributed by atoms with van der Waals surface area (Å²) in [5.74, 6) is -0.293. The van der Waals surface area contributed by atoms with E-state index in [1.54, 1.807) is 6.92 Å². The van der Waals surface area contributed by atoms with E-state index in [2.05, 4.69) is 5.32 Å². The monoisotopic (exact) mass is 331 g/mol. The third kappa shape index (κ3) is 4.26. The van der Waals surface area contributed by atoms with Crippen molar-refractivity contribution in [2.24, 2.45) is 0 Å². The highest BCUT2D eigenvalue weighted by Gasteiger charge is 2.11. The molecule has 0 saturated carbocycles. The standard InChI is InChI=1S/C15H13N3O6/c1-10-7-12(18(22)23)5-6-14(10)16-15(19)9-24-13-4-2-3-11(8-13)17(20)21/h2-8H,9H2,1H3,(H,16,19). The smallest absolute Gasteiger partial charge is 0.273 e. The summed E-state index contributed by atoms with van der Waals surface area (Å²) in [5.41, 5.74) is 0.749. The van der Waals surface area contributed by atoms with Crippen LogP contribution < -0.4 is 10.1 Å². The van der Waals surface area contributed by atoms with Crippen molar-refractivity contribution in [1.29, 1.82) is 0 Å². The molecule has 0 unspecified atom stereocenters. The molecule has 0 saturated heterocycles. The van der Waals surface area contributed by atoms with Gasteiger partial charge in [0.1, 0.15) is 5.75 Å². The molecule has 0 atom stereocenters. The Labute approximate surface area is 136 Å². The van der Waals surface area contributed by atoms with Crippen LogP contribution in [0.2, 0.25) is 0 Å². The van der Waals surface area contributed by atoms with Crippen LogP contribution in [-0.2, 0) is 4.79 Å². The number of benzene rings is 2. The van der Waals surface area contributed by atoms with Crippen molar-refractivity contribution in [3.05, 3.63) is 68.3 Å². The molecule has 0 aliphatic rings. The molecule has 1 amide bonds. The molecule has 0 spiro atoms. The van der Waals surface area contributed by atoms with Gasteiger partial charge in [-0.05, 0) is 24.6 Å². The van der Waals surface area contributed by atoms with Crippen LogP contribution in [0, 0.1) is 27.2 Å². The predicted octanol–water partition coefficient (Wildman–Crippen LogP) is 2.83. The number of non-ortho nitro benzene ring substituents is 2. The number of nitro groups is 2. The molecule has 124 valence electrons. The minimum Gasteiger partial charge on any atom is -0.484 e. The number of amides is 1. The summed E-state index contributed by atoms with van der Waals surface area (Å²) >= 11 is 0. The molecule has 2 aromatic rings. The fourth-order valence-corrected chi connectivity index (χ4v) is 1.92. The lowest BCUT2D eigenvalue weighted by molar-refractivity contribution is -0.385. The van der Waals surface area contributed by atoms with E-state index in [-0.39, 0.29) is 23.7 Å². The molecule has 0 aliphatic heterocycles. The van der Waals surface area contributed by atoms with Gasteiger partial charge in [0.05, 0.1) is 15.9 Å². The topological polar surface area (TPSA) is 125 Å². The highest BCUT2D eigenvalue weighted by molar-refractivity contribution is 5.92. The predicted molar refractivity (Wildman–Crippen MR) is 85.1 cm³/mol. The van der Waals surface area contributed by atoms with Gasteiger partial charge in [-0.15, -0.1) is 0 Å². The first kappa shape index (κ1) is 16.9. The van der Waals surface area contributed by atoms with Crippen LogP contribution >= 0.6 is 0 Å². The minimum absolute atomic E-state index is 0.0710. The van der Waals surface area contributed by atoms with Crippen LogP contribution in [0.1, 0.15) is 5.56 Å². The molecular formula is C15H13N3O6. The summed E-state index contributed by atoms with van der Waals surface area (Å²) in [4.78, 5) is 32.1. The van der Waals surface area contributed by atoms with E-state index >= 15 is 0 Å². The lowest BCUT2D eigenvalue weighted by atomic mass is 10.2. The molecule has 0 aromatic heterocycles. The zero-order valence-electron chi connectivity index (χ0n) is 12.6. The normalized spacial score (nSPS) is 10.0. The van der Waals surface area contributed by atoms with E-state index in [4.69, 9.17) is 4.74 Å². The average molecular weight is 331 g/mol. The number of hydrogen-bond acceptors (Lipinski definition) is 6. The lowest BCUT2D eigenvalue weighted by Crippen LogP contribution is -2.20. The molecule has 0 fully saturated rings. The SMILES string of the molecule is Cc1cc([N+](=O)[O-])ccc1NC(=O)COc1cccc([N+](=O)[O-])c1. The Morgan fingerprint density at radius 3 is 2.38 bits per heavy atom. The van der Waals surface area contributed by atoms with E-state index in [0.717, 1.165) is 0 Å². The molecule has 2 rings (SSSR count). The van der Waals surface area contributed by atoms with E-state index in [1.165, 1.54) is 42.5 Å². The molecule has 0 aliphatic carbocycles. The van der Waals surface area contributed by atoms with E-state index < -0.39 is 15.8 Å². The number of carbonyl (C=O) groups excluding carboxylic acids is 1. The van der Waals surface area contributed by atoms with Crippen LogP contribution in [0.15, 0.2) is 42.5 Å². The van der Waals surface area contributed by atoms with Crippen LogP contribution in [0.25, 0.3) is 0 Å². The molecular weight excluding hydrogens is 318 g/mol. The van der Waals surface area contributed by atoms with Gasteiger partial charge in [0.25, 0.3) is 17.3 Å². The van der Waals surface area contributed by atoms with Crippen LogP contribution in [-0.4, -0.2) is 22.4 Å². The molecule has 24 heavy (non-hydrogen) atoms. The molecule has 9 nitrogen and oxygen atoms in total. The first-order valence-electron chi connectivity index (χ1n) is 6.79. The Balaban J connectivity index is 1.97. The van der Waals surface area contributed by atoms with E-state index in [1.807, 2.05) is 0 Å². The number of carbonyl (C=O) groups is 1. The lowest BCUT2D eigenvalue weighted by Gasteiger charge is -2.09.